The molecule has 1 N–H and O–H groups in total. The van der Waals surface area contributed by atoms with Crippen LogP contribution in [0.2, 0.25) is 0 Å². The molecule has 0 saturated heterocycles. The van der Waals surface area contributed by atoms with Crippen LogP contribution in [0.1, 0.15) is 12.5 Å². The summed E-state index contributed by atoms with van der Waals surface area (Å²) < 4.78 is 28.4. The molecule has 1 aromatic rings. The minimum absolute atomic E-state index is 0.143. The number of terminal acetylenes is 1. The molecular formula is C15H19F2N3O. The van der Waals surface area contributed by atoms with E-state index < -0.39 is 6.61 Å². The molecule has 1 aromatic carbocycles. The maximum atomic E-state index is 12.1. The average Bonchev–Trinajstić information content (AvgIpc) is 2.45. The van der Waals surface area contributed by atoms with Crippen LogP contribution in [0, 0.1) is 12.3 Å². The topological polar surface area (TPSA) is 36.9 Å². The summed E-state index contributed by atoms with van der Waals surface area (Å²) in [7, 11) is 1.88. The zero-order chi connectivity index (χ0) is 15.7. The summed E-state index contributed by atoms with van der Waals surface area (Å²) in [5, 5.41) is 3.13. The van der Waals surface area contributed by atoms with Gasteiger partial charge in [0.1, 0.15) is 12.3 Å². The van der Waals surface area contributed by atoms with Gasteiger partial charge in [0, 0.05) is 20.1 Å². The fraction of sp³-hybridized carbons (Fsp3) is 0.400. The van der Waals surface area contributed by atoms with Gasteiger partial charge in [-0.1, -0.05) is 18.1 Å². The molecule has 114 valence electrons. The molecule has 0 aliphatic heterocycles. The number of halogens is 2. The monoisotopic (exact) mass is 295 g/mol. The van der Waals surface area contributed by atoms with Crippen molar-refractivity contribution in [2.45, 2.75) is 20.1 Å². The Morgan fingerprint density at radius 1 is 1.43 bits per heavy atom. The Balaban J connectivity index is 2.68. The fourth-order valence-corrected chi connectivity index (χ4v) is 1.72. The van der Waals surface area contributed by atoms with Crippen molar-refractivity contribution >= 4 is 5.96 Å². The molecule has 0 aliphatic carbocycles. The molecule has 0 atom stereocenters. The van der Waals surface area contributed by atoms with Gasteiger partial charge in [0.25, 0.3) is 0 Å². The second-order valence-corrected chi connectivity index (χ2v) is 4.25. The second-order valence-electron chi connectivity index (χ2n) is 4.25. The van der Waals surface area contributed by atoms with Crippen molar-refractivity contribution < 1.29 is 13.5 Å². The summed E-state index contributed by atoms with van der Waals surface area (Å²) in [6, 6.07) is 6.50. The van der Waals surface area contributed by atoms with Crippen LogP contribution in [0.25, 0.3) is 0 Å². The van der Waals surface area contributed by atoms with Crippen molar-refractivity contribution in [3.8, 4) is 18.1 Å². The highest BCUT2D eigenvalue weighted by molar-refractivity contribution is 5.79. The summed E-state index contributed by atoms with van der Waals surface area (Å²) in [4.78, 5) is 6.16. The van der Waals surface area contributed by atoms with E-state index in [2.05, 4.69) is 21.0 Å². The van der Waals surface area contributed by atoms with Crippen LogP contribution in [0.4, 0.5) is 8.78 Å². The number of ether oxygens (including phenoxy) is 1. The molecule has 0 fully saturated rings. The molecule has 0 unspecified atom stereocenters. The lowest BCUT2D eigenvalue weighted by molar-refractivity contribution is -0.0498. The normalized spacial score (nSPS) is 11.1. The highest BCUT2D eigenvalue weighted by Gasteiger charge is 2.07. The zero-order valence-corrected chi connectivity index (χ0v) is 12.1. The van der Waals surface area contributed by atoms with Crippen LogP contribution in [0.15, 0.2) is 29.3 Å². The lowest BCUT2D eigenvalue weighted by atomic mass is 10.2. The van der Waals surface area contributed by atoms with Crippen LogP contribution >= 0.6 is 0 Å². The van der Waals surface area contributed by atoms with Gasteiger partial charge in [-0.25, -0.2) is 4.99 Å². The van der Waals surface area contributed by atoms with E-state index >= 15 is 0 Å². The van der Waals surface area contributed by atoms with E-state index in [1.54, 1.807) is 12.1 Å². The molecule has 21 heavy (non-hydrogen) atoms. The van der Waals surface area contributed by atoms with Crippen molar-refractivity contribution in [3.63, 3.8) is 0 Å². The summed E-state index contributed by atoms with van der Waals surface area (Å²) in [5.74, 6) is 3.30. The smallest absolute Gasteiger partial charge is 0.387 e. The van der Waals surface area contributed by atoms with Crippen LogP contribution in [-0.2, 0) is 6.54 Å². The number of alkyl halides is 2. The Labute approximate surface area is 123 Å². The number of benzene rings is 1. The van der Waals surface area contributed by atoms with Crippen LogP contribution in [-0.4, -0.2) is 37.6 Å². The fourth-order valence-electron chi connectivity index (χ4n) is 1.72. The molecule has 0 heterocycles. The van der Waals surface area contributed by atoms with Gasteiger partial charge in [-0.3, -0.25) is 0 Å². The third kappa shape index (κ3) is 6.13. The minimum atomic E-state index is -2.81. The van der Waals surface area contributed by atoms with Gasteiger partial charge in [-0.15, -0.1) is 6.42 Å². The molecule has 0 saturated carbocycles. The van der Waals surface area contributed by atoms with E-state index in [-0.39, 0.29) is 5.75 Å². The number of nitrogens with one attached hydrogen (secondary N) is 1. The predicted octanol–water partition coefficient (Wildman–Crippen LogP) is 2.32. The molecule has 0 radical (unpaired) electrons. The summed E-state index contributed by atoms with van der Waals surface area (Å²) in [6.45, 7) is 0.763. The number of aliphatic imine (C=N–C) groups is 1. The Bertz CT molecular complexity index is 495. The Morgan fingerprint density at radius 2 is 2.10 bits per heavy atom. The van der Waals surface area contributed by atoms with Crippen molar-refractivity contribution in [3.05, 3.63) is 29.8 Å². The zero-order valence-electron chi connectivity index (χ0n) is 12.1. The highest BCUT2D eigenvalue weighted by atomic mass is 19.3. The molecule has 0 bridgehead atoms. The second kappa shape index (κ2) is 8.80. The largest absolute Gasteiger partial charge is 0.435 e. The van der Waals surface area contributed by atoms with Gasteiger partial charge in [-0.05, 0) is 24.6 Å². The first-order valence-electron chi connectivity index (χ1n) is 6.53. The number of hydrogen-bond acceptors (Lipinski definition) is 2. The molecule has 6 heteroatoms. The molecule has 0 amide bonds. The molecule has 0 aromatic heterocycles. The van der Waals surface area contributed by atoms with Gasteiger partial charge in [-0.2, -0.15) is 8.78 Å². The van der Waals surface area contributed by atoms with Gasteiger partial charge in [0.2, 0.25) is 0 Å². The lowest BCUT2D eigenvalue weighted by Gasteiger charge is -2.22. The van der Waals surface area contributed by atoms with E-state index in [9.17, 15) is 8.78 Å². The van der Waals surface area contributed by atoms with Gasteiger partial charge < -0.3 is 15.0 Å². The molecular weight excluding hydrogens is 276 g/mol. The summed E-state index contributed by atoms with van der Waals surface area (Å²) in [6.07, 6.45) is 5.20. The maximum absolute atomic E-state index is 12.1. The number of hydrogen-bond donors (Lipinski definition) is 1. The van der Waals surface area contributed by atoms with Gasteiger partial charge >= 0.3 is 6.61 Å². The van der Waals surface area contributed by atoms with E-state index in [1.807, 2.05) is 18.9 Å². The van der Waals surface area contributed by atoms with E-state index in [1.165, 1.54) is 12.1 Å². The van der Waals surface area contributed by atoms with Crippen molar-refractivity contribution in [1.29, 1.82) is 0 Å². The average molecular weight is 295 g/mol. The van der Waals surface area contributed by atoms with Crippen LogP contribution in [0.3, 0.4) is 0 Å². The first-order valence-corrected chi connectivity index (χ1v) is 6.53. The first-order chi connectivity index (χ1) is 10.1. The minimum Gasteiger partial charge on any atom is -0.435 e. The first kappa shape index (κ1) is 16.8. The third-order valence-corrected chi connectivity index (χ3v) is 2.58. The van der Waals surface area contributed by atoms with Crippen LogP contribution < -0.4 is 10.1 Å². The van der Waals surface area contributed by atoms with Gasteiger partial charge in [0.05, 0.1) is 0 Å². The summed E-state index contributed by atoms with van der Waals surface area (Å²) in [5.41, 5.74) is 0.949. The number of guanidine groups is 1. The molecule has 0 spiro atoms. The number of nitrogens with zero attached hydrogens (tertiary/aromatic N) is 2. The van der Waals surface area contributed by atoms with Crippen LogP contribution in [0.5, 0.6) is 5.75 Å². The lowest BCUT2D eigenvalue weighted by Crippen LogP contribution is -2.38. The van der Waals surface area contributed by atoms with E-state index in [0.29, 0.717) is 19.0 Å². The highest BCUT2D eigenvalue weighted by Crippen LogP contribution is 2.15. The van der Waals surface area contributed by atoms with Crippen molar-refractivity contribution in [2.75, 3.05) is 20.1 Å². The van der Waals surface area contributed by atoms with Gasteiger partial charge in [0.15, 0.2) is 5.96 Å². The van der Waals surface area contributed by atoms with E-state index in [4.69, 9.17) is 6.42 Å². The third-order valence-electron chi connectivity index (χ3n) is 2.58. The standard InChI is InChI=1S/C15H19F2N3O/c1-4-10-19-15(18-5-2)20(3)11-12-6-8-13(9-7-12)21-14(16)17/h1,6-9,14H,5,10-11H2,2-3H3,(H,18,19). The maximum Gasteiger partial charge on any atom is 0.387 e. The SMILES string of the molecule is C#CCN=C(NCC)N(C)Cc1ccc(OC(F)F)cc1. The quantitative estimate of drug-likeness (QED) is 0.497. The Morgan fingerprint density at radius 3 is 2.62 bits per heavy atom. The number of rotatable bonds is 6. The van der Waals surface area contributed by atoms with E-state index in [0.717, 1.165) is 12.1 Å². The molecule has 1 rings (SSSR count). The van der Waals surface area contributed by atoms with Crippen molar-refractivity contribution in [1.82, 2.24) is 10.2 Å². The Hall–Kier alpha value is -2.29. The predicted molar refractivity (Wildman–Crippen MR) is 79.4 cm³/mol. The molecule has 4 nitrogen and oxygen atoms in total. The Kier molecular flexibility index (Phi) is 7.02. The summed E-state index contributed by atoms with van der Waals surface area (Å²) >= 11 is 0. The van der Waals surface area contributed by atoms with Crippen molar-refractivity contribution in [2.24, 2.45) is 4.99 Å². The molecule has 0 aliphatic rings.